The second kappa shape index (κ2) is 4.26. The highest BCUT2D eigenvalue weighted by atomic mass is 16.5. The molecule has 0 amide bonds. The first-order valence-corrected chi connectivity index (χ1v) is 5.97. The average molecular weight is 241 g/mol. The predicted octanol–water partition coefficient (Wildman–Crippen LogP) is 2.88. The summed E-state index contributed by atoms with van der Waals surface area (Å²) in [5.74, 6) is 1.71. The minimum atomic E-state index is 0.659. The van der Waals surface area contributed by atoms with Gasteiger partial charge in [-0.1, -0.05) is 12.1 Å². The summed E-state index contributed by atoms with van der Waals surface area (Å²) in [7, 11) is 1.62. The van der Waals surface area contributed by atoms with Crippen molar-refractivity contribution in [2.75, 3.05) is 19.5 Å². The maximum absolute atomic E-state index is 5.93. The zero-order chi connectivity index (χ0) is 12.5. The molecule has 0 saturated heterocycles. The number of ether oxygens (including phenoxy) is 2. The van der Waals surface area contributed by atoms with Crippen LogP contribution in [0.1, 0.15) is 5.56 Å². The van der Waals surface area contributed by atoms with E-state index in [9.17, 15) is 0 Å². The Hall–Kier alpha value is -2.16. The van der Waals surface area contributed by atoms with Gasteiger partial charge in [-0.25, -0.2) is 0 Å². The van der Waals surface area contributed by atoms with Crippen LogP contribution in [0.4, 0.5) is 5.69 Å². The second-order valence-electron chi connectivity index (χ2n) is 4.38. The SMILES string of the molecule is COc1ccc(-c2ccc3c(c2)CCO3)cc1N. The first-order valence-electron chi connectivity index (χ1n) is 5.97. The van der Waals surface area contributed by atoms with Crippen LogP contribution in [0, 0.1) is 0 Å². The molecule has 0 aromatic heterocycles. The summed E-state index contributed by atoms with van der Waals surface area (Å²) in [5.41, 5.74) is 10.1. The Balaban J connectivity index is 2.02. The molecule has 3 rings (SSSR count). The Bertz CT molecular complexity index is 593. The zero-order valence-electron chi connectivity index (χ0n) is 10.3. The predicted molar refractivity (Wildman–Crippen MR) is 72.0 cm³/mol. The third-order valence-electron chi connectivity index (χ3n) is 3.25. The molecule has 0 spiro atoms. The third-order valence-corrected chi connectivity index (χ3v) is 3.25. The van der Waals surface area contributed by atoms with Gasteiger partial charge in [-0.15, -0.1) is 0 Å². The molecule has 0 atom stereocenters. The van der Waals surface area contributed by atoms with Crippen LogP contribution in [0.5, 0.6) is 11.5 Å². The molecule has 3 heteroatoms. The molecule has 2 aromatic carbocycles. The standard InChI is InChI=1S/C15H15NO2/c1-17-15-5-3-11(9-13(15)16)10-2-4-14-12(8-10)6-7-18-14/h2-5,8-9H,6-7,16H2,1H3. The minimum Gasteiger partial charge on any atom is -0.495 e. The lowest BCUT2D eigenvalue weighted by atomic mass is 10.0. The largest absolute Gasteiger partial charge is 0.495 e. The third kappa shape index (κ3) is 1.78. The second-order valence-corrected chi connectivity index (χ2v) is 4.38. The van der Waals surface area contributed by atoms with Crippen LogP contribution in [0.15, 0.2) is 36.4 Å². The van der Waals surface area contributed by atoms with Crippen LogP contribution in [-0.4, -0.2) is 13.7 Å². The van der Waals surface area contributed by atoms with Gasteiger partial charge in [0.05, 0.1) is 19.4 Å². The van der Waals surface area contributed by atoms with Crippen LogP contribution >= 0.6 is 0 Å². The van der Waals surface area contributed by atoms with Gasteiger partial charge in [0.25, 0.3) is 0 Å². The molecular weight excluding hydrogens is 226 g/mol. The fraction of sp³-hybridized carbons (Fsp3) is 0.200. The molecule has 0 unspecified atom stereocenters. The van der Waals surface area contributed by atoms with Crippen molar-refractivity contribution < 1.29 is 9.47 Å². The number of benzene rings is 2. The van der Waals surface area contributed by atoms with E-state index < -0.39 is 0 Å². The Morgan fingerprint density at radius 2 is 1.89 bits per heavy atom. The normalized spacial score (nSPS) is 12.9. The Morgan fingerprint density at radius 1 is 1.11 bits per heavy atom. The fourth-order valence-corrected chi connectivity index (χ4v) is 2.28. The van der Waals surface area contributed by atoms with Gasteiger partial charge in [0.1, 0.15) is 11.5 Å². The molecular formula is C15H15NO2. The Kier molecular flexibility index (Phi) is 2.59. The summed E-state index contributed by atoms with van der Waals surface area (Å²) in [4.78, 5) is 0. The number of hydrogen-bond acceptors (Lipinski definition) is 3. The zero-order valence-corrected chi connectivity index (χ0v) is 10.3. The van der Waals surface area contributed by atoms with Crippen LogP contribution < -0.4 is 15.2 Å². The number of methoxy groups -OCH3 is 1. The molecule has 2 N–H and O–H groups in total. The molecule has 0 fully saturated rings. The summed E-state index contributed by atoms with van der Waals surface area (Å²) in [6.07, 6.45) is 0.981. The number of hydrogen-bond donors (Lipinski definition) is 1. The van der Waals surface area contributed by atoms with E-state index in [1.165, 1.54) is 5.56 Å². The van der Waals surface area contributed by atoms with E-state index in [4.69, 9.17) is 15.2 Å². The number of fused-ring (bicyclic) bond motifs is 1. The average Bonchev–Trinajstić information content (AvgIpc) is 2.85. The molecule has 92 valence electrons. The van der Waals surface area contributed by atoms with Crippen LogP contribution in [0.3, 0.4) is 0 Å². The number of rotatable bonds is 2. The molecule has 0 bridgehead atoms. The van der Waals surface area contributed by atoms with Gasteiger partial charge in [-0.2, -0.15) is 0 Å². The topological polar surface area (TPSA) is 44.5 Å². The summed E-state index contributed by atoms with van der Waals surface area (Å²) < 4.78 is 10.7. The lowest BCUT2D eigenvalue weighted by Gasteiger charge is -2.08. The molecule has 2 aromatic rings. The van der Waals surface area contributed by atoms with Gasteiger partial charge < -0.3 is 15.2 Å². The Labute approximate surface area is 106 Å². The van der Waals surface area contributed by atoms with Gasteiger partial charge >= 0.3 is 0 Å². The number of anilines is 1. The minimum absolute atomic E-state index is 0.659. The molecule has 0 radical (unpaired) electrons. The van der Waals surface area contributed by atoms with Crippen molar-refractivity contribution >= 4 is 5.69 Å². The first-order chi connectivity index (χ1) is 8.78. The van der Waals surface area contributed by atoms with Crippen LogP contribution in [0.25, 0.3) is 11.1 Å². The van der Waals surface area contributed by atoms with E-state index in [-0.39, 0.29) is 0 Å². The smallest absolute Gasteiger partial charge is 0.141 e. The monoisotopic (exact) mass is 241 g/mol. The van der Waals surface area contributed by atoms with Crippen molar-refractivity contribution in [1.29, 1.82) is 0 Å². The number of nitrogens with two attached hydrogens (primary N) is 1. The van der Waals surface area contributed by atoms with Crippen LogP contribution in [-0.2, 0) is 6.42 Å². The van der Waals surface area contributed by atoms with Crippen molar-refractivity contribution in [1.82, 2.24) is 0 Å². The van der Waals surface area contributed by atoms with Gasteiger partial charge in [0.15, 0.2) is 0 Å². The highest BCUT2D eigenvalue weighted by Crippen LogP contribution is 2.33. The van der Waals surface area contributed by atoms with Crippen molar-refractivity contribution in [3.63, 3.8) is 0 Å². The fourth-order valence-electron chi connectivity index (χ4n) is 2.28. The quantitative estimate of drug-likeness (QED) is 0.822. The molecule has 18 heavy (non-hydrogen) atoms. The summed E-state index contributed by atoms with van der Waals surface area (Å²) in [5, 5.41) is 0. The van der Waals surface area contributed by atoms with Crippen molar-refractivity contribution in [2.24, 2.45) is 0 Å². The van der Waals surface area contributed by atoms with Crippen molar-refractivity contribution in [2.45, 2.75) is 6.42 Å². The highest BCUT2D eigenvalue weighted by Gasteiger charge is 2.13. The van der Waals surface area contributed by atoms with Gasteiger partial charge in [-0.05, 0) is 41.0 Å². The lowest BCUT2D eigenvalue weighted by Crippen LogP contribution is -1.92. The molecule has 1 aliphatic rings. The maximum Gasteiger partial charge on any atom is 0.141 e. The van der Waals surface area contributed by atoms with E-state index in [0.29, 0.717) is 11.4 Å². The van der Waals surface area contributed by atoms with E-state index in [2.05, 4.69) is 12.1 Å². The molecule has 3 nitrogen and oxygen atoms in total. The summed E-state index contributed by atoms with van der Waals surface area (Å²) in [6, 6.07) is 12.1. The van der Waals surface area contributed by atoms with Gasteiger partial charge in [-0.3, -0.25) is 0 Å². The molecule has 1 heterocycles. The van der Waals surface area contributed by atoms with Gasteiger partial charge in [0.2, 0.25) is 0 Å². The van der Waals surface area contributed by atoms with E-state index in [1.807, 2.05) is 24.3 Å². The molecule has 0 saturated carbocycles. The summed E-state index contributed by atoms with van der Waals surface area (Å²) in [6.45, 7) is 0.781. The highest BCUT2D eigenvalue weighted by molar-refractivity contribution is 5.72. The maximum atomic E-state index is 5.93. The molecule has 1 aliphatic heterocycles. The molecule has 0 aliphatic carbocycles. The summed E-state index contributed by atoms with van der Waals surface area (Å²) >= 11 is 0. The first kappa shape index (κ1) is 11.0. The van der Waals surface area contributed by atoms with E-state index in [1.54, 1.807) is 7.11 Å². The van der Waals surface area contributed by atoms with E-state index >= 15 is 0 Å². The Morgan fingerprint density at radius 3 is 2.67 bits per heavy atom. The number of nitrogen functional groups attached to an aromatic ring is 1. The lowest BCUT2D eigenvalue weighted by molar-refractivity contribution is 0.357. The van der Waals surface area contributed by atoms with Crippen molar-refractivity contribution in [3.8, 4) is 22.6 Å². The van der Waals surface area contributed by atoms with E-state index in [0.717, 1.165) is 29.9 Å². The van der Waals surface area contributed by atoms with Gasteiger partial charge in [0, 0.05) is 6.42 Å². The van der Waals surface area contributed by atoms with Crippen molar-refractivity contribution in [3.05, 3.63) is 42.0 Å². The van der Waals surface area contributed by atoms with Crippen LogP contribution in [0.2, 0.25) is 0 Å².